The molecular formula is C30H39NO8S. The van der Waals surface area contributed by atoms with Crippen LogP contribution in [0.5, 0.6) is 5.75 Å². The first-order valence-electron chi connectivity index (χ1n) is 13.3. The van der Waals surface area contributed by atoms with Gasteiger partial charge in [0.05, 0.1) is 25.7 Å². The van der Waals surface area contributed by atoms with Crippen LogP contribution in [0.4, 0.5) is 0 Å². The number of esters is 1. The lowest BCUT2D eigenvalue weighted by atomic mass is 9.97. The van der Waals surface area contributed by atoms with Crippen LogP contribution < -0.4 is 4.74 Å². The third-order valence-electron chi connectivity index (χ3n) is 6.72. The molecular weight excluding hydrogens is 534 g/mol. The second-order valence-electron chi connectivity index (χ2n) is 10.3. The number of hydrogen-bond acceptors (Lipinski definition) is 7. The van der Waals surface area contributed by atoms with Gasteiger partial charge >= 0.3 is 16.4 Å². The topological polar surface area (TPSA) is 123 Å². The lowest BCUT2D eigenvalue weighted by Crippen LogP contribution is -2.40. The minimum atomic E-state index is -4.67. The Kier molecular flexibility index (Phi) is 11.5. The molecule has 4 rings (SSSR count). The Morgan fingerprint density at radius 1 is 1.02 bits per heavy atom. The summed E-state index contributed by atoms with van der Waals surface area (Å²) in [4.78, 5) is 14.9. The van der Waals surface area contributed by atoms with Crippen molar-refractivity contribution in [3.63, 3.8) is 0 Å². The molecule has 1 heterocycles. The van der Waals surface area contributed by atoms with Crippen molar-refractivity contribution in [2.45, 2.75) is 39.2 Å². The Morgan fingerprint density at radius 3 is 2.33 bits per heavy atom. The molecule has 0 aliphatic carbocycles. The Balaban J connectivity index is 0.000000810. The van der Waals surface area contributed by atoms with Crippen LogP contribution in [0.1, 0.15) is 49.5 Å². The molecule has 0 radical (unpaired) electrons. The summed E-state index contributed by atoms with van der Waals surface area (Å²) in [5, 5.41) is 2.32. The summed E-state index contributed by atoms with van der Waals surface area (Å²) < 4.78 is 48.6. The molecule has 3 aromatic carbocycles. The standard InChI is InChI=1S/C30H37NO4.H2O4S/c1-21(2)17-23-5-7-24(8-6-23)22(3)30(32)35-16-14-31-13-15-34-29(20-31)27-10-9-26-19-28(33-4)12-11-25(26)18-27;1-5(2,3)4/h5-12,18-19,21-22,29H,13-17,20H2,1-4H3;(H2,1,2,3,4). The lowest BCUT2D eigenvalue weighted by molar-refractivity contribution is -0.146. The van der Waals surface area contributed by atoms with Crippen molar-refractivity contribution in [3.8, 4) is 5.75 Å². The highest BCUT2D eigenvalue weighted by molar-refractivity contribution is 7.79. The highest BCUT2D eigenvalue weighted by Crippen LogP contribution is 2.28. The maximum absolute atomic E-state index is 12.6. The zero-order valence-corrected chi connectivity index (χ0v) is 24.3. The second kappa shape index (κ2) is 14.6. The number of ether oxygens (including phenoxy) is 3. The van der Waals surface area contributed by atoms with E-state index in [1.54, 1.807) is 7.11 Å². The zero-order valence-electron chi connectivity index (χ0n) is 23.4. The van der Waals surface area contributed by atoms with E-state index >= 15 is 0 Å². The van der Waals surface area contributed by atoms with Crippen molar-refractivity contribution in [2.24, 2.45) is 5.92 Å². The molecule has 1 fully saturated rings. The van der Waals surface area contributed by atoms with E-state index in [1.165, 1.54) is 16.5 Å². The number of nitrogens with zero attached hydrogens (tertiary/aromatic N) is 1. The smallest absolute Gasteiger partial charge is 0.394 e. The molecule has 3 aromatic rings. The van der Waals surface area contributed by atoms with Crippen LogP contribution >= 0.6 is 0 Å². The number of methoxy groups -OCH3 is 1. The summed E-state index contributed by atoms with van der Waals surface area (Å²) in [6, 6.07) is 20.9. The number of carbonyl (C=O) groups excluding carboxylic acids is 1. The molecule has 1 aliphatic rings. The average molecular weight is 574 g/mol. The van der Waals surface area contributed by atoms with E-state index in [0.29, 0.717) is 25.7 Å². The number of morpholine rings is 1. The predicted molar refractivity (Wildman–Crippen MR) is 154 cm³/mol. The van der Waals surface area contributed by atoms with Crippen molar-refractivity contribution >= 4 is 27.1 Å². The minimum Gasteiger partial charge on any atom is -0.497 e. The fraction of sp³-hybridized carbons (Fsp3) is 0.433. The molecule has 0 bridgehead atoms. The second-order valence-corrected chi connectivity index (χ2v) is 11.2. The highest BCUT2D eigenvalue weighted by atomic mass is 32.3. The quantitative estimate of drug-likeness (QED) is 0.265. The van der Waals surface area contributed by atoms with Crippen LogP contribution in [0, 0.1) is 5.92 Å². The van der Waals surface area contributed by atoms with Gasteiger partial charge in [0, 0.05) is 19.6 Å². The minimum absolute atomic E-state index is 0.00855. The number of benzene rings is 3. The summed E-state index contributed by atoms with van der Waals surface area (Å²) in [7, 11) is -2.98. The summed E-state index contributed by atoms with van der Waals surface area (Å²) >= 11 is 0. The third kappa shape index (κ3) is 10.2. The van der Waals surface area contributed by atoms with Crippen molar-refractivity contribution in [2.75, 3.05) is 40.0 Å². The van der Waals surface area contributed by atoms with Gasteiger partial charge in [0.1, 0.15) is 12.4 Å². The van der Waals surface area contributed by atoms with Gasteiger partial charge in [-0.25, -0.2) is 0 Å². The van der Waals surface area contributed by atoms with E-state index in [-0.39, 0.29) is 18.0 Å². The lowest BCUT2D eigenvalue weighted by Gasteiger charge is -2.33. The molecule has 10 heteroatoms. The number of carbonyl (C=O) groups is 1. The van der Waals surface area contributed by atoms with E-state index < -0.39 is 10.4 Å². The molecule has 218 valence electrons. The fourth-order valence-corrected chi connectivity index (χ4v) is 4.63. The SMILES string of the molecule is COc1ccc2cc(C3CN(CCOC(=O)C(C)c4ccc(CC(C)C)cc4)CCO3)ccc2c1.O=S(=O)(O)O. The molecule has 0 spiro atoms. The normalized spacial score (nSPS) is 16.7. The monoisotopic (exact) mass is 573 g/mol. The van der Waals surface area contributed by atoms with Gasteiger partial charge in [-0.2, -0.15) is 8.42 Å². The largest absolute Gasteiger partial charge is 0.497 e. The summed E-state index contributed by atoms with van der Waals surface area (Å²) in [5.41, 5.74) is 3.47. The number of rotatable bonds is 9. The summed E-state index contributed by atoms with van der Waals surface area (Å²) in [5.74, 6) is 1.04. The molecule has 0 saturated carbocycles. The molecule has 9 nitrogen and oxygen atoms in total. The summed E-state index contributed by atoms with van der Waals surface area (Å²) in [6.45, 7) is 9.72. The first-order valence-corrected chi connectivity index (χ1v) is 14.7. The van der Waals surface area contributed by atoms with E-state index in [2.05, 4.69) is 67.3 Å². The molecule has 0 aromatic heterocycles. The van der Waals surface area contributed by atoms with Gasteiger partial charge in [-0.15, -0.1) is 0 Å². The molecule has 2 atom stereocenters. The van der Waals surface area contributed by atoms with Crippen molar-refractivity contribution < 1.29 is 36.5 Å². The van der Waals surface area contributed by atoms with Crippen LogP contribution in [-0.2, 0) is 31.1 Å². The van der Waals surface area contributed by atoms with Gasteiger partial charge in [-0.1, -0.05) is 56.3 Å². The molecule has 40 heavy (non-hydrogen) atoms. The number of fused-ring (bicyclic) bond motifs is 1. The third-order valence-corrected chi connectivity index (χ3v) is 6.72. The summed E-state index contributed by atoms with van der Waals surface area (Å²) in [6.07, 6.45) is 1.06. The van der Waals surface area contributed by atoms with Crippen LogP contribution in [0.2, 0.25) is 0 Å². The highest BCUT2D eigenvalue weighted by Gasteiger charge is 2.23. The average Bonchev–Trinajstić information content (AvgIpc) is 2.91. The van der Waals surface area contributed by atoms with E-state index in [1.807, 2.05) is 19.1 Å². The van der Waals surface area contributed by atoms with Crippen LogP contribution in [-0.4, -0.2) is 68.4 Å². The molecule has 0 amide bonds. The van der Waals surface area contributed by atoms with E-state index in [4.69, 9.17) is 31.7 Å². The van der Waals surface area contributed by atoms with Crippen LogP contribution in [0.25, 0.3) is 10.8 Å². The van der Waals surface area contributed by atoms with Gasteiger partial charge < -0.3 is 14.2 Å². The fourth-order valence-electron chi connectivity index (χ4n) is 4.63. The molecule has 2 unspecified atom stereocenters. The molecule has 2 N–H and O–H groups in total. The van der Waals surface area contributed by atoms with Crippen molar-refractivity contribution in [1.29, 1.82) is 0 Å². The maximum Gasteiger partial charge on any atom is 0.394 e. The van der Waals surface area contributed by atoms with E-state index in [9.17, 15) is 4.79 Å². The van der Waals surface area contributed by atoms with E-state index in [0.717, 1.165) is 36.2 Å². The van der Waals surface area contributed by atoms with Crippen LogP contribution in [0.15, 0.2) is 60.7 Å². The van der Waals surface area contributed by atoms with Gasteiger partial charge in [0.2, 0.25) is 0 Å². The Bertz CT molecular complexity index is 1350. The Morgan fingerprint density at radius 2 is 1.68 bits per heavy atom. The first kappa shape index (κ1) is 31.5. The van der Waals surface area contributed by atoms with Crippen LogP contribution in [0.3, 0.4) is 0 Å². The van der Waals surface area contributed by atoms with Gasteiger partial charge in [0.25, 0.3) is 0 Å². The Labute approximate surface area is 236 Å². The number of hydrogen-bond donors (Lipinski definition) is 2. The maximum atomic E-state index is 12.6. The Hall–Kier alpha value is -3.02. The molecule has 1 saturated heterocycles. The molecule has 1 aliphatic heterocycles. The van der Waals surface area contributed by atoms with Crippen molar-refractivity contribution in [3.05, 3.63) is 77.4 Å². The predicted octanol–water partition coefficient (Wildman–Crippen LogP) is 5.11. The van der Waals surface area contributed by atoms with Gasteiger partial charge in [0.15, 0.2) is 0 Å². The van der Waals surface area contributed by atoms with Gasteiger partial charge in [-0.3, -0.25) is 18.8 Å². The van der Waals surface area contributed by atoms with Gasteiger partial charge in [-0.05, 0) is 64.9 Å². The van der Waals surface area contributed by atoms with Crippen molar-refractivity contribution in [1.82, 2.24) is 4.90 Å². The zero-order chi connectivity index (χ0) is 29.3. The first-order chi connectivity index (χ1) is 18.9.